The number of rotatable bonds is 7. The summed E-state index contributed by atoms with van der Waals surface area (Å²) in [6.07, 6.45) is 0. The van der Waals surface area contributed by atoms with Gasteiger partial charge in [0.25, 0.3) is 0 Å². The highest BCUT2D eigenvalue weighted by Gasteiger charge is 2.09. The molecule has 0 aliphatic carbocycles. The average molecular weight is 301 g/mol. The first-order valence-electron chi connectivity index (χ1n) is 5.97. The van der Waals surface area contributed by atoms with Crippen LogP contribution in [0.4, 0.5) is 5.69 Å². The summed E-state index contributed by atoms with van der Waals surface area (Å²) in [6.45, 7) is 4.39. The zero-order valence-corrected chi connectivity index (χ0v) is 12.7. The number of thiocarbonyl (C=S) groups is 1. The fourth-order valence-electron chi connectivity index (χ4n) is 1.63. The highest BCUT2D eigenvalue weighted by atomic mass is 32.2. The molecule has 0 radical (unpaired) electrons. The molecule has 0 atom stereocenters. The van der Waals surface area contributed by atoms with Gasteiger partial charge in [0.1, 0.15) is 4.99 Å². The zero-order chi connectivity index (χ0) is 14.5. The molecule has 0 amide bonds. The van der Waals surface area contributed by atoms with Gasteiger partial charge in [-0.3, -0.25) is 0 Å². The number of hydrogen-bond acceptors (Lipinski definition) is 4. The van der Waals surface area contributed by atoms with Crippen LogP contribution in [0, 0.1) is 6.92 Å². The number of benzene rings is 1. The van der Waals surface area contributed by atoms with E-state index in [9.17, 15) is 8.42 Å². The topological polar surface area (TPSA) is 84.2 Å². The first-order chi connectivity index (χ1) is 8.85. The van der Waals surface area contributed by atoms with Crippen molar-refractivity contribution in [3.8, 4) is 0 Å². The summed E-state index contributed by atoms with van der Waals surface area (Å²) in [6, 6.07) is 5.64. The predicted octanol–water partition coefficient (Wildman–Crippen LogP) is 0.980. The monoisotopic (exact) mass is 301 g/mol. The van der Waals surface area contributed by atoms with Gasteiger partial charge < -0.3 is 11.1 Å². The van der Waals surface area contributed by atoms with Crippen molar-refractivity contribution in [1.82, 2.24) is 4.72 Å². The predicted molar refractivity (Wildman–Crippen MR) is 83.0 cm³/mol. The van der Waals surface area contributed by atoms with Crippen molar-refractivity contribution in [2.75, 3.05) is 24.2 Å². The number of sulfonamides is 1. The van der Waals surface area contributed by atoms with E-state index in [0.29, 0.717) is 13.1 Å². The van der Waals surface area contributed by atoms with Crippen molar-refractivity contribution in [1.29, 1.82) is 0 Å². The summed E-state index contributed by atoms with van der Waals surface area (Å²) in [5.41, 5.74) is 8.17. The minimum absolute atomic E-state index is 0.00551. The minimum Gasteiger partial charge on any atom is -0.389 e. The molecule has 1 aromatic rings. The molecule has 0 heterocycles. The maximum atomic E-state index is 11.5. The van der Waals surface area contributed by atoms with E-state index in [0.717, 1.165) is 16.8 Å². The van der Waals surface area contributed by atoms with Crippen molar-refractivity contribution >= 4 is 32.9 Å². The highest BCUT2D eigenvalue weighted by Crippen LogP contribution is 2.17. The van der Waals surface area contributed by atoms with Gasteiger partial charge in [-0.2, -0.15) is 0 Å². The molecule has 7 heteroatoms. The Hall–Kier alpha value is -1.18. The Labute approximate surface area is 119 Å². The molecule has 0 unspecified atom stereocenters. The second-order valence-corrected chi connectivity index (χ2v) is 6.52. The maximum absolute atomic E-state index is 11.5. The van der Waals surface area contributed by atoms with Gasteiger partial charge in [-0.05, 0) is 24.6 Å². The van der Waals surface area contributed by atoms with Crippen LogP contribution >= 0.6 is 12.2 Å². The molecule has 0 saturated heterocycles. The van der Waals surface area contributed by atoms with Crippen molar-refractivity contribution in [3.05, 3.63) is 29.3 Å². The summed E-state index contributed by atoms with van der Waals surface area (Å²) >= 11 is 4.97. The summed E-state index contributed by atoms with van der Waals surface area (Å²) in [4.78, 5) is 0.289. The summed E-state index contributed by atoms with van der Waals surface area (Å²) in [5, 5.41) is 3.06. The lowest BCUT2D eigenvalue weighted by Crippen LogP contribution is -2.29. The van der Waals surface area contributed by atoms with E-state index in [4.69, 9.17) is 18.0 Å². The molecule has 0 aromatic heterocycles. The molecular weight excluding hydrogens is 282 g/mol. The van der Waals surface area contributed by atoms with Crippen LogP contribution in [0.3, 0.4) is 0 Å². The number of hydrogen-bond donors (Lipinski definition) is 3. The SMILES string of the molecule is CCNS(=O)(=O)CCNc1cc(C)ccc1C(N)=S. The second-order valence-electron chi connectivity index (χ2n) is 4.16. The van der Waals surface area contributed by atoms with Crippen LogP contribution < -0.4 is 15.8 Å². The molecule has 0 aliphatic heterocycles. The molecule has 1 aromatic carbocycles. The molecule has 1 rings (SSSR count). The van der Waals surface area contributed by atoms with E-state index in [-0.39, 0.29) is 10.7 Å². The van der Waals surface area contributed by atoms with Gasteiger partial charge in [0.2, 0.25) is 10.0 Å². The first kappa shape index (κ1) is 15.9. The minimum atomic E-state index is -3.22. The highest BCUT2D eigenvalue weighted by molar-refractivity contribution is 7.89. The van der Waals surface area contributed by atoms with Crippen molar-refractivity contribution in [2.24, 2.45) is 5.73 Å². The molecule has 0 aliphatic rings. The third-order valence-electron chi connectivity index (χ3n) is 2.49. The summed E-state index contributed by atoms with van der Waals surface area (Å²) in [5.74, 6) is 0.00551. The average Bonchev–Trinajstić information content (AvgIpc) is 2.28. The standard InChI is InChI=1S/C12H19N3O2S2/c1-3-15-19(16,17)7-6-14-11-8-9(2)4-5-10(11)12(13)18/h4-5,8,14-15H,3,6-7H2,1-2H3,(H2,13,18). The van der Waals surface area contributed by atoms with Crippen LogP contribution in [0.2, 0.25) is 0 Å². The van der Waals surface area contributed by atoms with Crippen LogP contribution in [-0.2, 0) is 10.0 Å². The Balaban J connectivity index is 2.73. The number of nitrogens with one attached hydrogen (secondary N) is 2. The van der Waals surface area contributed by atoms with Crippen LogP contribution in [0.25, 0.3) is 0 Å². The third kappa shape index (κ3) is 5.14. The van der Waals surface area contributed by atoms with Crippen LogP contribution in [0.15, 0.2) is 18.2 Å². The number of nitrogens with two attached hydrogens (primary N) is 1. The van der Waals surface area contributed by atoms with Crippen molar-refractivity contribution < 1.29 is 8.42 Å². The van der Waals surface area contributed by atoms with E-state index in [2.05, 4.69) is 10.0 Å². The van der Waals surface area contributed by atoms with Crippen molar-refractivity contribution in [2.45, 2.75) is 13.8 Å². The van der Waals surface area contributed by atoms with Crippen LogP contribution in [0.1, 0.15) is 18.1 Å². The largest absolute Gasteiger partial charge is 0.389 e. The molecule has 106 valence electrons. The van der Waals surface area contributed by atoms with Gasteiger partial charge in [0.15, 0.2) is 0 Å². The Morgan fingerprint density at radius 1 is 1.42 bits per heavy atom. The summed E-state index contributed by atoms with van der Waals surface area (Å²) in [7, 11) is -3.22. The normalized spacial score (nSPS) is 11.3. The lowest BCUT2D eigenvalue weighted by Gasteiger charge is -2.12. The lowest BCUT2D eigenvalue weighted by atomic mass is 10.1. The second kappa shape index (κ2) is 6.83. The smallest absolute Gasteiger partial charge is 0.213 e. The van der Waals surface area contributed by atoms with Gasteiger partial charge >= 0.3 is 0 Å². The van der Waals surface area contributed by atoms with Gasteiger partial charge in [-0.15, -0.1) is 0 Å². The van der Waals surface area contributed by atoms with E-state index in [1.54, 1.807) is 6.92 Å². The molecule has 0 spiro atoms. The van der Waals surface area contributed by atoms with Gasteiger partial charge in [-0.25, -0.2) is 13.1 Å². The Morgan fingerprint density at radius 3 is 2.68 bits per heavy atom. The lowest BCUT2D eigenvalue weighted by molar-refractivity contribution is 0.584. The Bertz CT molecular complexity index is 556. The Morgan fingerprint density at radius 2 is 2.11 bits per heavy atom. The quantitative estimate of drug-likeness (QED) is 0.654. The van der Waals surface area contributed by atoms with Gasteiger partial charge in [-0.1, -0.05) is 25.2 Å². The molecule has 19 heavy (non-hydrogen) atoms. The molecule has 0 saturated carbocycles. The van der Waals surface area contributed by atoms with Gasteiger partial charge in [0, 0.05) is 24.3 Å². The fraction of sp³-hybridized carbons (Fsp3) is 0.417. The van der Waals surface area contributed by atoms with E-state index in [1.807, 2.05) is 25.1 Å². The summed E-state index contributed by atoms with van der Waals surface area (Å²) < 4.78 is 25.4. The Kier molecular flexibility index (Phi) is 5.71. The first-order valence-corrected chi connectivity index (χ1v) is 8.03. The molecule has 5 nitrogen and oxygen atoms in total. The fourth-order valence-corrected chi connectivity index (χ4v) is 2.76. The van der Waals surface area contributed by atoms with E-state index >= 15 is 0 Å². The zero-order valence-electron chi connectivity index (χ0n) is 11.1. The van der Waals surface area contributed by atoms with E-state index in [1.165, 1.54) is 0 Å². The van der Waals surface area contributed by atoms with Crippen LogP contribution in [-0.4, -0.2) is 32.2 Å². The molecule has 4 N–H and O–H groups in total. The maximum Gasteiger partial charge on any atom is 0.213 e. The van der Waals surface area contributed by atoms with Crippen LogP contribution in [0.5, 0.6) is 0 Å². The number of anilines is 1. The molecule has 0 bridgehead atoms. The molecular formula is C12H19N3O2S2. The third-order valence-corrected chi connectivity index (χ3v) is 4.18. The van der Waals surface area contributed by atoms with Crippen molar-refractivity contribution in [3.63, 3.8) is 0 Å². The number of aryl methyl sites for hydroxylation is 1. The van der Waals surface area contributed by atoms with E-state index < -0.39 is 10.0 Å². The van der Waals surface area contributed by atoms with Gasteiger partial charge in [0.05, 0.1) is 5.75 Å². The molecule has 0 fully saturated rings.